The van der Waals surface area contributed by atoms with Crippen LogP contribution in [0.2, 0.25) is 0 Å². The maximum Gasteiger partial charge on any atom is 0.0571 e. The molecule has 0 spiro atoms. The van der Waals surface area contributed by atoms with E-state index >= 15 is 0 Å². The Morgan fingerprint density at radius 2 is 1.56 bits per heavy atom. The van der Waals surface area contributed by atoms with Crippen molar-refractivity contribution in [3.63, 3.8) is 0 Å². The summed E-state index contributed by atoms with van der Waals surface area (Å²) in [5.74, 6) is 0. The molecule has 1 saturated carbocycles. The van der Waals surface area contributed by atoms with E-state index in [0.717, 1.165) is 0 Å². The smallest absolute Gasteiger partial charge is 0.0571 e. The molecule has 0 aromatic carbocycles. The van der Waals surface area contributed by atoms with E-state index in [1.54, 1.807) is 0 Å². The Kier molecular flexibility index (Phi) is 3.05. The zero-order valence-electron chi connectivity index (χ0n) is 6.23. The summed E-state index contributed by atoms with van der Waals surface area (Å²) < 4.78 is 5.27. The molecular formula is C8H16O. The molecule has 54 valence electrons. The van der Waals surface area contributed by atoms with Crippen LogP contribution in [-0.2, 0) is 4.74 Å². The molecular weight excluding hydrogens is 112 g/mol. The Bertz CT molecular complexity index is 63.0. The van der Waals surface area contributed by atoms with Crippen LogP contribution < -0.4 is 0 Å². The fourth-order valence-electron chi connectivity index (χ4n) is 1.48. The molecule has 0 aromatic rings. The summed E-state index contributed by atoms with van der Waals surface area (Å²) in [6, 6.07) is 0. The van der Waals surface area contributed by atoms with Gasteiger partial charge in [-0.25, -0.2) is 0 Å². The molecule has 1 fully saturated rings. The molecule has 0 aromatic heterocycles. The summed E-state index contributed by atoms with van der Waals surface area (Å²) in [6.45, 7) is 0. The van der Waals surface area contributed by atoms with Crippen molar-refractivity contribution in [2.24, 2.45) is 0 Å². The largest absolute Gasteiger partial charge is 0.381 e. The maximum atomic E-state index is 5.27. The van der Waals surface area contributed by atoms with Crippen molar-refractivity contribution >= 4 is 0 Å². The second-order valence-corrected chi connectivity index (χ2v) is 2.85. The highest BCUT2D eigenvalue weighted by atomic mass is 16.5. The lowest BCUT2D eigenvalue weighted by Gasteiger charge is -2.09. The molecule has 0 radical (unpaired) electrons. The molecule has 0 amide bonds. The number of ether oxygens (including phenoxy) is 1. The van der Waals surface area contributed by atoms with Gasteiger partial charge in [-0.05, 0) is 12.8 Å². The molecule has 1 nitrogen and oxygen atoms in total. The summed E-state index contributed by atoms with van der Waals surface area (Å²) in [5, 5.41) is 0. The molecule has 0 bridgehead atoms. The third-order valence-corrected chi connectivity index (χ3v) is 2.14. The third-order valence-electron chi connectivity index (χ3n) is 2.14. The van der Waals surface area contributed by atoms with E-state index in [2.05, 4.69) is 0 Å². The Balaban J connectivity index is 2.18. The van der Waals surface area contributed by atoms with Gasteiger partial charge in [-0.3, -0.25) is 0 Å². The average molecular weight is 128 g/mol. The number of hydrogen-bond donors (Lipinski definition) is 0. The summed E-state index contributed by atoms with van der Waals surface area (Å²) in [7, 11) is 1.83. The Hall–Kier alpha value is -0.0400. The number of methoxy groups -OCH3 is 1. The summed E-state index contributed by atoms with van der Waals surface area (Å²) >= 11 is 0. The molecule has 0 heterocycles. The van der Waals surface area contributed by atoms with Crippen molar-refractivity contribution in [1.82, 2.24) is 0 Å². The minimum absolute atomic E-state index is 0.576. The van der Waals surface area contributed by atoms with Crippen LogP contribution >= 0.6 is 0 Å². The van der Waals surface area contributed by atoms with Crippen molar-refractivity contribution in [1.29, 1.82) is 0 Å². The van der Waals surface area contributed by atoms with Crippen molar-refractivity contribution in [2.75, 3.05) is 7.11 Å². The molecule has 1 rings (SSSR count). The summed E-state index contributed by atoms with van der Waals surface area (Å²) in [6.07, 6.45) is 8.73. The lowest BCUT2D eigenvalue weighted by molar-refractivity contribution is 0.0900. The van der Waals surface area contributed by atoms with Crippen LogP contribution in [0.15, 0.2) is 0 Å². The van der Waals surface area contributed by atoms with Gasteiger partial charge in [0.15, 0.2) is 0 Å². The lowest BCUT2D eigenvalue weighted by atomic mass is 10.2. The number of hydrogen-bond acceptors (Lipinski definition) is 1. The standard InChI is InChI=1S/C8H16O/c1-9-8-6-4-2-3-5-7-8/h8H,2-7H2,1H3. The van der Waals surface area contributed by atoms with Crippen molar-refractivity contribution in [3.05, 3.63) is 0 Å². The molecule has 0 saturated heterocycles. The van der Waals surface area contributed by atoms with Gasteiger partial charge < -0.3 is 4.74 Å². The van der Waals surface area contributed by atoms with Gasteiger partial charge in [0, 0.05) is 7.11 Å². The zero-order chi connectivity index (χ0) is 6.53. The number of rotatable bonds is 1. The van der Waals surface area contributed by atoms with Crippen LogP contribution in [0.1, 0.15) is 38.5 Å². The predicted molar refractivity (Wildman–Crippen MR) is 38.5 cm³/mol. The molecule has 0 aliphatic heterocycles. The molecule has 0 atom stereocenters. The molecule has 1 heteroatoms. The topological polar surface area (TPSA) is 9.23 Å². The first-order valence-corrected chi connectivity index (χ1v) is 3.96. The van der Waals surface area contributed by atoms with Crippen LogP contribution in [0.4, 0.5) is 0 Å². The quantitative estimate of drug-likeness (QED) is 0.492. The van der Waals surface area contributed by atoms with Gasteiger partial charge in [0.1, 0.15) is 0 Å². The van der Waals surface area contributed by atoms with Crippen LogP contribution in [-0.4, -0.2) is 13.2 Å². The molecule has 1 aliphatic rings. The van der Waals surface area contributed by atoms with Gasteiger partial charge in [0.2, 0.25) is 0 Å². The second kappa shape index (κ2) is 3.89. The maximum absolute atomic E-state index is 5.27. The monoisotopic (exact) mass is 128 g/mol. The van der Waals surface area contributed by atoms with E-state index in [9.17, 15) is 0 Å². The van der Waals surface area contributed by atoms with E-state index in [1.807, 2.05) is 7.11 Å². The van der Waals surface area contributed by atoms with Crippen molar-refractivity contribution in [3.8, 4) is 0 Å². The zero-order valence-corrected chi connectivity index (χ0v) is 6.23. The van der Waals surface area contributed by atoms with E-state index in [0.29, 0.717) is 6.10 Å². The second-order valence-electron chi connectivity index (χ2n) is 2.85. The van der Waals surface area contributed by atoms with E-state index < -0.39 is 0 Å². The van der Waals surface area contributed by atoms with Gasteiger partial charge in [0.05, 0.1) is 6.10 Å². The normalized spacial score (nSPS) is 23.7. The minimum Gasteiger partial charge on any atom is -0.381 e. The lowest BCUT2D eigenvalue weighted by Crippen LogP contribution is -2.07. The molecule has 0 unspecified atom stereocenters. The first kappa shape index (κ1) is 7.07. The average Bonchev–Trinajstić information content (AvgIpc) is 2.13. The Morgan fingerprint density at radius 3 is 2.00 bits per heavy atom. The van der Waals surface area contributed by atoms with Gasteiger partial charge in [-0.2, -0.15) is 0 Å². The van der Waals surface area contributed by atoms with Gasteiger partial charge >= 0.3 is 0 Å². The fourth-order valence-corrected chi connectivity index (χ4v) is 1.48. The van der Waals surface area contributed by atoms with E-state index in [4.69, 9.17) is 4.74 Å². The summed E-state index contributed by atoms with van der Waals surface area (Å²) in [4.78, 5) is 0. The Morgan fingerprint density at radius 1 is 1.00 bits per heavy atom. The van der Waals surface area contributed by atoms with Crippen LogP contribution in [0.3, 0.4) is 0 Å². The van der Waals surface area contributed by atoms with Gasteiger partial charge in [-0.1, -0.05) is 25.7 Å². The minimum atomic E-state index is 0.576. The fraction of sp³-hybridized carbons (Fsp3) is 1.00. The van der Waals surface area contributed by atoms with Crippen molar-refractivity contribution < 1.29 is 4.74 Å². The highest BCUT2D eigenvalue weighted by Crippen LogP contribution is 2.18. The van der Waals surface area contributed by atoms with Crippen molar-refractivity contribution in [2.45, 2.75) is 44.6 Å². The highest BCUT2D eigenvalue weighted by Gasteiger charge is 2.09. The first-order valence-electron chi connectivity index (χ1n) is 3.96. The first-order chi connectivity index (χ1) is 4.43. The van der Waals surface area contributed by atoms with E-state index in [1.165, 1.54) is 38.5 Å². The third kappa shape index (κ3) is 2.35. The van der Waals surface area contributed by atoms with Gasteiger partial charge in [-0.15, -0.1) is 0 Å². The molecule has 1 aliphatic carbocycles. The summed E-state index contributed by atoms with van der Waals surface area (Å²) in [5.41, 5.74) is 0. The van der Waals surface area contributed by atoms with Crippen LogP contribution in [0.5, 0.6) is 0 Å². The van der Waals surface area contributed by atoms with Crippen LogP contribution in [0, 0.1) is 0 Å². The Labute approximate surface area is 57.4 Å². The molecule has 9 heavy (non-hydrogen) atoms. The van der Waals surface area contributed by atoms with Gasteiger partial charge in [0.25, 0.3) is 0 Å². The molecule has 0 N–H and O–H groups in total. The SMILES string of the molecule is COC1CCCCCC1. The van der Waals surface area contributed by atoms with E-state index in [-0.39, 0.29) is 0 Å². The highest BCUT2D eigenvalue weighted by molar-refractivity contribution is 4.62. The predicted octanol–water partition coefficient (Wildman–Crippen LogP) is 2.36. The van der Waals surface area contributed by atoms with Crippen LogP contribution in [0.25, 0.3) is 0 Å².